The Hall–Kier alpha value is -1.30. The van der Waals surface area contributed by atoms with Gasteiger partial charge in [0.2, 0.25) is 5.91 Å². The lowest BCUT2D eigenvalue weighted by molar-refractivity contribution is -0.116. The molecule has 7 heteroatoms. The molecule has 0 fully saturated rings. The molecule has 0 heterocycles. The van der Waals surface area contributed by atoms with Crippen LogP contribution in [-0.2, 0) is 4.79 Å². The number of amides is 2. The fraction of sp³-hybridized carbons (Fsp3) is 0.556. The van der Waals surface area contributed by atoms with Crippen LogP contribution in [0.3, 0.4) is 0 Å². The summed E-state index contributed by atoms with van der Waals surface area (Å²) in [4.78, 5) is 24.3. The van der Waals surface area contributed by atoms with E-state index in [9.17, 15) is 9.59 Å². The van der Waals surface area contributed by atoms with E-state index < -0.39 is 0 Å². The van der Waals surface area contributed by atoms with Crippen LogP contribution in [-0.4, -0.2) is 24.4 Å². The topological polar surface area (TPSA) is 84.2 Å². The minimum atomic E-state index is -0.272. The highest BCUT2D eigenvalue weighted by Crippen LogP contribution is 2.21. The van der Waals surface area contributed by atoms with E-state index in [1.54, 1.807) is 18.2 Å². The van der Waals surface area contributed by atoms with Crippen LogP contribution in [0.25, 0.3) is 0 Å². The van der Waals surface area contributed by atoms with Gasteiger partial charge in [-0.3, -0.25) is 9.59 Å². The Kier molecular flexibility index (Phi) is 11.5. The maximum Gasteiger partial charge on any atom is 0.253 e. The highest BCUT2D eigenvalue weighted by Gasteiger charge is 2.16. The first-order chi connectivity index (χ1) is 11.4. The first-order valence-electron chi connectivity index (χ1n) is 8.47. The van der Waals surface area contributed by atoms with Crippen LogP contribution < -0.4 is 16.4 Å². The van der Waals surface area contributed by atoms with Crippen LogP contribution in [0.2, 0.25) is 5.02 Å². The van der Waals surface area contributed by atoms with Crippen LogP contribution in [0, 0.1) is 5.92 Å². The van der Waals surface area contributed by atoms with Crippen molar-refractivity contribution in [2.75, 3.05) is 11.9 Å². The van der Waals surface area contributed by atoms with Gasteiger partial charge in [0.1, 0.15) is 0 Å². The van der Waals surface area contributed by atoms with E-state index in [4.69, 9.17) is 17.3 Å². The molecule has 1 aromatic rings. The molecule has 142 valence electrons. The molecule has 0 spiro atoms. The van der Waals surface area contributed by atoms with Gasteiger partial charge < -0.3 is 16.4 Å². The third kappa shape index (κ3) is 8.56. The Bertz CT molecular complexity index is 565. The molecule has 0 aromatic heterocycles. The molecule has 0 aliphatic heterocycles. The number of hydrogen-bond acceptors (Lipinski definition) is 3. The lowest BCUT2D eigenvalue weighted by Gasteiger charge is -2.17. The predicted molar refractivity (Wildman–Crippen MR) is 107 cm³/mol. The van der Waals surface area contributed by atoms with Crippen LogP contribution in [0.1, 0.15) is 56.8 Å². The van der Waals surface area contributed by atoms with Gasteiger partial charge >= 0.3 is 0 Å². The summed E-state index contributed by atoms with van der Waals surface area (Å²) >= 11 is 6.14. The van der Waals surface area contributed by atoms with Crippen molar-refractivity contribution >= 4 is 41.5 Å². The summed E-state index contributed by atoms with van der Waals surface area (Å²) < 4.78 is 0. The molecule has 0 bridgehead atoms. The molecule has 0 radical (unpaired) electrons. The average Bonchev–Trinajstić information content (AvgIpc) is 2.52. The summed E-state index contributed by atoms with van der Waals surface area (Å²) in [6.45, 7) is 6.43. The van der Waals surface area contributed by atoms with Crippen molar-refractivity contribution in [2.24, 2.45) is 11.7 Å². The number of benzene rings is 1. The molecule has 0 aliphatic carbocycles. The second-order valence-electron chi connectivity index (χ2n) is 6.39. The van der Waals surface area contributed by atoms with Gasteiger partial charge in [0.05, 0.1) is 10.6 Å². The van der Waals surface area contributed by atoms with Gasteiger partial charge in [-0.25, -0.2) is 0 Å². The van der Waals surface area contributed by atoms with Gasteiger partial charge in [-0.05, 0) is 30.5 Å². The molecule has 0 saturated heterocycles. The van der Waals surface area contributed by atoms with E-state index in [1.165, 1.54) is 0 Å². The molecule has 4 N–H and O–H groups in total. The van der Waals surface area contributed by atoms with E-state index in [0.29, 0.717) is 29.2 Å². The van der Waals surface area contributed by atoms with Gasteiger partial charge in [0.15, 0.2) is 0 Å². The summed E-state index contributed by atoms with van der Waals surface area (Å²) in [6, 6.07) is 4.83. The second kappa shape index (κ2) is 12.1. The molecular weight excluding hydrogens is 361 g/mol. The summed E-state index contributed by atoms with van der Waals surface area (Å²) in [5.74, 6) is -0.0862. The molecular formula is C18H29Cl2N3O2. The van der Waals surface area contributed by atoms with Crippen molar-refractivity contribution < 1.29 is 9.59 Å². The Morgan fingerprint density at radius 1 is 1.28 bits per heavy atom. The fourth-order valence-electron chi connectivity index (χ4n) is 2.32. The van der Waals surface area contributed by atoms with E-state index >= 15 is 0 Å². The average molecular weight is 390 g/mol. The molecule has 1 atom stereocenters. The SMILES string of the molecule is CCCCC(CN)NC(=O)c1cc(NC(=O)CC(C)C)ccc1Cl.Cl. The van der Waals surface area contributed by atoms with E-state index in [0.717, 1.165) is 19.3 Å². The van der Waals surface area contributed by atoms with Crippen LogP contribution in [0.5, 0.6) is 0 Å². The van der Waals surface area contributed by atoms with E-state index in [2.05, 4.69) is 17.6 Å². The maximum atomic E-state index is 12.4. The van der Waals surface area contributed by atoms with Crippen LogP contribution >= 0.6 is 24.0 Å². The molecule has 0 saturated carbocycles. The molecule has 5 nitrogen and oxygen atoms in total. The third-order valence-corrected chi connectivity index (χ3v) is 3.94. The number of hydrogen-bond donors (Lipinski definition) is 3. The highest BCUT2D eigenvalue weighted by atomic mass is 35.5. The number of carbonyl (C=O) groups excluding carboxylic acids is 2. The minimum Gasteiger partial charge on any atom is -0.348 e. The van der Waals surface area contributed by atoms with Crippen molar-refractivity contribution in [3.63, 3.8) is 0 Å². The lowest BCUT2D eigenvalue weighted by Crippen LogP contribution is -2.40. The quantitative estimate of drug-likeness (QED) is 0.596. The summed E-state index contributed by atoms with van der Waals surface area (Å²) in [7, 11) is 0. The molecule has 1 rings (SSSR count). The molecule has 25 heavy (non-hydrogen) atoms. The van der Waals surface area contributed by atoms with Gasteiger partial charge in [-0.1, -0.05) is 45.2 Å². The second-order valence-corrected chi connectivity index (χ2v) is 6.80. The molecule has 1 unspecified atom stereocenters. The van der Waals surface area contributed by atoms with Crippen molar-refractivity contribution in [1.29, 1.82) is 0 Å². The number of carbonyl (C=O) groups is 2. The number of anilines is 1. The largest absolute Gasteiger partial charge is 0.348 e. The fourth-order valence-corrected chi connectivity index (χ4v) is 2.53. The smallest absolute Gasteiger partial charge is 0.253 e. The summed E-state index contributed by atoms with van der Waals surface area (Å²) in [5.41, 5.74) is 6.62. The highest BCUT2D eigenvalue weighted by molar-refractivity contribution is 6.34. The zero-order chi connectivity index (χ0) is 18.1. The zero-order valence-electron chi connectivity index (χ0n) is 15.1. The lowest BCUT2D eigenvalue weighted by atomic mass is 10.1. The van der Waals surface area contributed by atoms with Gasteiger partial charge in [-0.15, -0.1) is 12.4 Å². The zero-order valence-corrected chi connectivity index (χ0v) is 16.7. The molecule has 2 amide bonds. The van der Waals surface area contributed by atoms with Crippen molar-refractivity contribution in [2.45, 2.75) is 52.5 Å². The number of unbranched alkanes of at least 4 members (excludes halogenated alkanes) is 1. The van der Waals surface area contributed by atoms with Crippen molar-refractivity contribution in [3.05, 3.63) is 28.8 Å². The summed E-state index contributed by atoms with van der Waals surface area (Å²) in [6.07, 6.45) is 3.31. The Morgan fingerprint density at radius 3 is 2.52 bits per heavy atom. The van der Waals surface area contributed by atoms with Gasteiger partial charge in [0, 0.05) is 24.7 Å². The molecule has 0 aliphatic rings. The van der Waals surface area contributed by atoms with E-state index in [-0.39, 0.29) is 36.2 Å². The molecule has 1 aromatic carbocycles. The Morgan fingerprint density at radius 2 is 1.96 bits per heavy atom. The Balaban J connectivity index is 0.00000576. The van der Waals surface area contributed by atoms with Crippen LogP contribution in [0.15, 0.2) is 18.2 Å². The third-order valence-electron chi connectivity index (χ3n) is 3.61. The Labute approximate surface area is 161 Å². The first kappa shape index (κ1) is 23.7. The van der Waals surface area contributed by atoms with Gasteiger partial charge in [0.25, 0.3) is 5.91 Å². The van der Waals surface area contributed by atoms with Gasteiger partial charge in [-0.2, -0.15) is 0 Å². The number of nitrogens with two attached hydrogens (primary N) is 1. The van der Waals surface area contributed by atoms with Crippen molar-refractivity contribution in [1.82, 2.24) is 5.32 Å². The number of nitrogens with one attached hydrogen (secondary N) is 2. The summed E-state index contributed by atoms with van der Waals surface area (Å²) in [5, 5.41) is 6.05. The normalized spacial score (nSPS) is 11.6. The minimum absolute atomic E-state index is 0. The maximum absolute atomic E-state index is 12.4. The monoisotopic (exact) mass is 389 g/mol. The first-order valence-corrected chi connectivity index (χ1v) is 8.85. The van der Waals surface area contributed by atoms with Crippen molar-refractivity contribution in [3.8, 4) is 0 Å². The standard InChI is InChI=1S/C18H28ClN3O2.ClH/c1-4-5-6-14(11-20)22-18(24)15-10-13(7-8-16(15)19)21-17(23)9-12(2)3;/h7-8,10,12,14H,4-6,9,11,20H2,1-3H3,(H,21,23)(H,22,24);1H. The number of halogens is 2. The van der Waals surface area contributed by atoms with E-state index in [1.807, 2.05) is 13.8 Å². The predicted octanol–water partition coefficient (Wildman–Crippen LogP) is 3.99. The number of rotatable bonds is 9. The van der Waals surface area contributed by atoms with Crippen LogP contribution in [0.4, 0.5) is 5.69 Å².